The Hall–Kier alpha value is -1.79. The van der Waals surface area contributed by atoms with Crippen LogP contribution in [0.1, 0.15) is 6.92 Å². The standard InChI is InChI=1S/C13H19ClN4O2/c1-3-18(7-12(19)16-2)8-13(20)17-11-5-4-9(14)6-10(11)15/h4-6H,3,7-8,15H2,1-2H3,(H,16,19)(H,17,20). The van der Waals surface area contributed by atoms with Crippen molar-refractivity contribution in [1.82, 2.24) is 10.2 Å². The van der Waals surface area contributed by atoms with Gasteiger partial charge >= 0.3 is 0 Å². The number of likely N-dealkylation sites (N-methyl/N-ethyl adjacent to an activating group) is 2. The lowest BCUT2D eigenvalue weighted by Gasteiger charge is -2.19. The molecule has 110 valence electrons. The molecule has 7 heteroatoms. The van der Waals surface area contributed by atoms with Gasteiger partial charge in [0.1, 0.15) is 0 Å². The van der Waals surface area contributed by atoms with Gasteiger partial charge in [-0.1, -0.05) is 18.5 Å². The van der Waals surface area contributed by atoms with Crippen LogP contribution in [0, 0.1) is 0 Å². The molecule has 0 saturated carbocycles. The smallest absolute Gasteiger partial charge is 0.238 e. The van der Waals surface area contributed by atoms with Crippen molar-refractivity contribution in [3.8, 4) is 0 Å². The van der Waals surface area contributed by atoms with E-state index in [9.17, 15) is 9.59 Å². The van der Waals surface area contributed by atoms with Gasteiger partial charge in [-0.25, -0.2) is 0 Å². The van der Waals surface area contributed by atoms with E-state index < -0.39 is 0 Å². The molecule has 4 N–H and O–H groups in total. The zero-order valence-electron chi connectivity index (χ0n) is 11.6. The summed E-state index contributed by atoms with van der Waals surface area (Å²) in [7, 11) is 1.56. The summed E-state index contributed by atoms with van der Waals surface area (Å²) in [6.07, 6.45) is 0. The number of hydrogen-bond donors (Lipinski definition) is 3. The summed E-state index contributed by atoms with van der Waals surface area (Å²) < 4.78 is 0. The fraction of sp³-hybridized carbons (Fsp3) is 0.385. The number of carbonyl (C=O) groups is 2. The molecule has 0 fully saturated rings. The number of nitrogen functional groups attached to an aromatic ring is 1. The van der Waals surface area contributed by atoms with Crippen molar-refractivity contribution in [2.45, 2.75) is 6.92 Å². The topological polar surface area (TPSA) is 87.5 Å². The summed E-state index contributed by atoms with van der Waals surface area (Å²) in [6.45, 7) is 2.77. The van der Waals surface area contributed by atoms with Crippen molar-refractivity contribution in [3.05, 3.63) is 23.2 Å². The third-order valence-electron chi connectivity index (χ3n) is 2.75. The lowest BCUT2D eigenvalue weighted by atomic mass is 10.2. The van der Waals surface area contributed by atoms with Gasteiger partial charge < -0.3 is 16.4 Å². The SMILES string of the molecule is CCN(CC(=O)NC)CC(=O)Nc1ccc(Cl)cc1N. The molecule has 1 aromatic rings. The van der Waals surface area contributed by atoms with Crippen molar-refractivity contribution in [3.63, 3.8) is 0 Å². The number of nitrogens with two attached hydrogens (primary N) is 1. The molecule has 1 rings (SSSR count). The highest BCUT2D eigenvalue weighted by molar-refractivity contribution is 6.31. The zero-order valence-corrected chi connectivity index (χ0v) is 12.3. The molecule has 1 aromatic carbocycles. The van der Waals surface area contributed by atoms with Gasteiger partial charge in [0.15, 0.2) is 0 Å². The Morgan fingerprint density at radius 2 is 1.95 bits per heavy atom. The highest BCUT2D eigenvalue weighted by Crippen LogP contribution is 2.22. The number of halogens is 1. The number of nitrogens with one attached hydrogen (secondary N) is 2. The van der Waals surface area contributed by atoms with Crippen molar-refractivity contribution in [2.24, 2.45) is 0 Å². The first-order valence-electron chi connectivity index (χ1n) is 6.24. The number of rotatable bonds is 6. The maximum absolute atomic E-state index is 11.9. The summed E-state index contributed by atoms with van der Waals surface area (Å²) in [6, 6.07) is 4.86. The van der Waals surface area contributed by atoms with Crippen LogP contribution in [0.3, 0.4) is 0 Å². The van der Waals surface area contributed by atoms with Crippen molar-refractivity contribution < 1.29 is 9.59 Å². The average Bonchev–Trinajstić information content (AvgIpc) is 2.41. The van der Waals surface area contributed by atoms with Crippen molar-refractivity contribution >= 4 is 34.8 Å². The third kappa shape index (κ3) is 5.07. The van der Waals surface area contributed by atoms with Gasteiger partial charge in [0.2, 0.25) is 11.8 Å². The molecule has 0 spiro atoms. The Morgan fingerprint density at radius 1 is 1.30 bits per heavy atom. The fourth-order valence-corrected chi connectivity index (χ4v) is 1.78. The lowest BCUT2D eigenvalue weighted by Crippen LogP contribution is -2.40. The number of carbonyl (C=O) groups excluding carboxylic acids is 2. The molecule has 2 amide bonds. The van der Waals surface area contributed by atoms with Crippen LogP contribution in [0.15, 0.2) is 18.2 Å². The number of hydrogen-bond acceptors (Lipinski definition) is 4. The van der Waals surface area contributed by atoms with E-state index in [0.29, 0.717) is 22.9 Å². The van der Waals surface area contributed by atoms with Gasteiger partial charge in [-0.05, 0) is 24.7 Å². The zero-order chi connectivity index (χ0) is 15.1. The summed E-state index contributed by atoms with van der Waals surface area (Å²) in [5, 5.41) is 5.73. The Labute approximate surface area is 123 Å². The van der Waals surface area contributed by atoms with Crippen LogP contribution in [0.4, 0.5) is 11.4 Å². The molecule has 0 unspecified atom stereocenters. The first-order valence-corrected chi connectivity index (χ1v) is 6.61. The Kier molecular flexibility index (Phi) is 6.27. The minimum Gasteiger partial charge on any atom is -0.397 e. The predicted octanol–water partition coefficient (Wildman–Crippen LogP) is 0.929. The first-order chi connectivity index (χ1) is 9.46. The molecule has 0 radical (unpaired) electrons. The minimum atomic E-state index is -0.232. The Morgan fingerprint density at radius 3 is 2.50 bits per heavy atom. The number of benzene rings is 1. The van der Waals surface area contributed by atoms with Crippen LogP contribution in [0.25, 0.3) is 0 Å². The normalized spacial score (nSPS) is 10.4. The van der Waals surface area contributed by atoms with Crippen LogP contribution in [0.2, 0.25) is 5.02 Å². The van der Waals surface area contributed by atoms with Gasteiger partial charge in [-0.3, -0.25) is 14.5 Å². The molecule has 0 saturated heterocycles. The number of amides is 2. The van der Waals surface area contributed by atoms with E-state index >= 15 is 0 Å². The molecule has 0 bridgehead atoms. The second-order valence-corrected chi connectivity index (χ2v) is 4.69. The van der Waals surface area contributed by atoms with Crippen molar-refractivity contribution in [2.75, 3.05) is 37.7 Å². The van der Waals surface area contributed by atoms with Crippen molar-refractivity contribution in [1.29, 1.82) is 0 Å². The second-order valence-electron chi connectivity index (χ2n) is 4.26. The van der Waals surface area contributed by atoms with Gasteiger partial charge in [0.05, 0.1) is 24.5 Å². The maximum Gasteiger partial charge on any atom is 0.238 e. The van der Waals surface area contributed by atoms with E-state index in [4.69, 9.17) is 17.3 Å². The molecule has 20 heavy (non-hydrogen) atoms. The minimum absolute atomic E-state index is 0.117. The maximum atomic E-state index is 11.9. The van der Waals surface area contributed by atoms with E-state index in [2.05, 4.69) is 10.6 Å². The molecule has 6 nitrogen and oxygen atoms in total. The predicted molar refractivity (Wildman–Crippen MR) is 80.7 cm³/mol. The van der Waals surface area contributed by atoms with E-state index in [1.165, 1.54) is 0 Å². The third-order valence-corrected chi connectivity index (χ3v) is 2.98. The molecule has 0 aliphatic rings. The van der Waals surface area contributed by atoms with E-state index in [-0.39, 0.29) is 24.9 Å². The summed E-state index contributed by atoms with van der Waals surface area (Å²) in [4.78, 5) is 24.9. The van der Waals surface area contributed by atoms with Gasteiger partial charge in [-0.2, -0.15) is 0 Å². The van der Waals surface area contributed by atoms with E-state index in [1.807, 2.05) is 6.92 Å². The highest BCUT2D eigenvalue weighted by atomic mass is 35.5. The van der Waals surface area contributed by atoms with E-state index in [0.717, 1.165) is 0 Å². The largest absolute Gasteiger partial charge is 0.397 e. The Bertz CT molecular complexity index is 493. The monoisotopic (exact) mass is 298 g/mol. The quantitative estimate of drug-likeness (QED) is 0.682. The van der Waals surface area contributed by atoms with Gasteiger partial charge in [0, 0.05) is 12.1 Å². The molecule has 0 heterocycles. The lowest BCUT2D eigenvalue weighted by molar-refractivity contribution is -0.123. The van der Waals surface area contributed by atoms with Crippen LogP contribution in [-0.4, -0.2) is 43.4 Å². The van der Waals surface area contributed by atoms with Gasteiger partial charge in [0.25, 0.3) is 0 Å². The first kappa shape index (κ1) is 16.3. The number of anilines is 2. The molecule has 0 aliphatic carbocycles. The number of nitrogens with zero attached hydrogens (tertiary/aromatic N) is 1. The second kappa shape index (κ2) is 7.72. The average molecular weight is 299 g/mol. The highest BCUT2D eigenvalue weighted by Gasteiger charge is 2.13. The Balaban J connectivity index is 2.59. The van der Waals surface area contributed by atoms with E-state index in [1.54, 1.807) is 30.1 Å². The fourth-order valence-electron chi connectivity index (χ4n) is 1.60. The van der Waals surface area contributed by atoms with Crippen LogP contribution in [0.5, 0.6) is 0 Å². The summed E-state index contributed by atoms with van der Waals surface area (Å²) in [5.74, 6) is -0.365. The molecular formula is C13H19ClN4O2. The van der Waals surface area contributed by atoms with Crippen LogP contribution >= 0.6 is 11.6 Å². The molecule has 0 aromatic heterocycles. The summed E-state index contributed by atoms with van der Waals surface area (Å²) >= 11 is 5.79. The molecule has 0 atom stereocenters. The van der Waals surface area contributed by atoms with Crippen LogP contribution < -0.4 is 16.4 Å². The molecular weight excluding hydrogens is 280 g/mol. The van der Waals surface area contributed by atoms with Crippen LogP contribution in [-0.2, 0) is 9.59 Å². The van der Waals surface area contributed by atoms with Gasteiger partial charge in [-0.15, -0.1) is 0 Å². The molecule has 0 aliphatic heterocycles. The summed E-state index contributed by atoms with van der Waals surface area (Å²) in [5.41, 5.74) is 6.67.